The third-order valence-corrected chi connectivity index (χ3v) is 0.884. The van der Waals surface area contributed by atoms with Gasteiger partial charge in [0.05, 0.1) is 4.43 Å². The minimum atomic E-state index is -0.259. The summed E-state index contributed by atoms with van der Waals surface area (Å²) in [6.45, 7) is 0. The Morgan fingerprint density at radius 3 is 2.20 bits per heavy atom. The highest BCUT2D eigenvalue weighted by Crippen LogP contribution is 1.72. The number of carbonyl (C=O) groups is 1. The first kappa shape index (κ1) is 5.20. The molecule has 0 radical (unpaired) electrons. The van der Waals surface area contributed by atoms with E-state index in [1.807, 2.05) is 22.6 Å². The maximum Gasteiger partial charge on any atom is 0.227 e. The van der Waals surface area contributed by atoms with Gasteiger partial charge in [-0.1, -0.05) is 22.6 Å². The molecule has 0 unspecified atom stereocenters. The Kier molecular flexibility index (Phi) is 2.54. The fourth-order valence-electron chi connectivity index (χ4n) is 0. The lowest BCUT2D eigenvalue weighted by molar-refractivity contribution is -0.115. The number of nitrogens with two attached hydrogens (primary N) is 1. The first-order chi connectivity index (χ1) is 2.27. The number of alkyl halides is 1. The summed E-state index contributed by atoms with van der Waals surface area (Å²) in [6, 6.07) is 0. The summed E-state index contributed by atoms with van der Waals surface area (Å²) in [6.07, 6.45) is 0. The van der Waals surface area contributed by atoms with E-state index < -0.39 is 0 Å². The molecule has 0 aliphatic heterocycles. The molecule has 0 fully saturated rings. The van der Waals surface area contributed by atoms with Crippen LogP contribution in [0.5, 0.6) is 0 Å². The highest BCUT2D eigenvalue weighted by atomic mass is 127. The molecule has 0 bridgehead atoms. The summed E-state index contributed by atoms with van der Waals surface area (Å²) in [5, 5.41) is 0. The lowest BCUT2D eigenvalue weighted by Crippen LogP contribution is -2.10. The van der Waals surface area contributed by atoms with Gasteiger partial charge in [0.25, 0.3) is 0 Å². The van der Waals surface area contributed by atoms with Crippen molar-refractivity contribution in [2.45, 2.75) is 0 Å². The van der Waals surface area contributed by atoms with Crippen LogP contribution in [0.4, 0.5) is 0 Å². The van der Waals surface area contributed by atoms with Gasteiger partial charge in [-0.3, -0.25) is 4.79 Å². The second-order valence-electron chi connectivity index (χ2n) is 0.600. The normalized spacial score (nSPS) is 7.40. The van der Waals surface area contributed by atoms with Crippen molar-refractivity contribution in [1.82, 2.24) is 0 Å². The van der Waals surface area contributed by atoms with E-state index in [2.05, 4.69) is 5.73 Å². The summed E-state index contributed by atoms with van der Waals surface area (Å²) < 4.78 is 0.414. The van der Waals surface area contributed by atoms with Crippen molar-refractivity contribution in [3.05, 3.63) is 0 Å². The lowest BCUT2D eigenvalue weighted by Gasteiger charge is -1.71. The molecule has 2 nitrogen and oxygen atoms in total. The van der Waals surface area contributed by atoms with E-state index in [0.29, 0.717) is 4.43 Å². The number of carbonyl (C=O) groups excluding carboxylic acids is 1. The summed E-state index contributed by atoms with van der Waals surface area (Å²) >= 11 is 1.90. The highest BCUT2D eigenvalue weighted by Gasteiger charge is 1.79. The SMILES string of the molecule is [15NH2]C(=O)CI. The molecule has 0 aromatic rings. The van der Waals surface area contributed by atoms with Gasteiger partial charge in [0, 0.05) is 0 Å². The van der Waals surface area contributed by atoms with Gasteiger partial charge < -0.3 is 5.73 Å². The third-order valence-electron chi connectivity index (χ3n) is 0.132. The predicted octanol–water partition coefficient (Wildman–Crippen LogP) is -0.0933. The molecule has 0 aliphatic rings. The van der Waals surface area contributed by atoms with Crippen LogP contribution in [0.15, 0.2) is 0 Å². The molecule has 0 atom stereocenters. The van der Waals surface area contributed by atoms with Crippen LogP contribution >= 0.6 is 22.6 Å². The fraction of sp³-hybridized carbons (Fsp3) is 0.500. The van der Waals surface area contributed by atoms with Crippen molar-refractivity contribution >= 4 is 28.5 Å². The zero-order valence-corrected chi connectivity index (χ0v) is 4.73. The predicted molar refractivity (Wildman–Crippen MR) is 28.1 cm³/mol. The van der Waals surface area contributed by atoms with Crippen molar-refractivity contribution in [3.8, 4) is 0 Å². The van der Waals surface area contributed by atoms with E-state index in [-0.39, 0.29) is 5.91 Å². The molecule has 5 heavy (non-hydrogen) atoms. The Morgan fingerprint density at radius 2 is 2.20 bits per heavy atom. The Labute approximate surface area is 43.9 Å². The number of primary amides is 1. The minimum absolute atomic E-state index is 0.259. The van der Waals surface area contributed by atoms with Crippen LogP contribution in [0.3, 0.4) is 0 Å². The summed E-state index contributed by atoms with van der Waals surface area (Å²) in [5.41, 5.74) is 4.65. The zero-order valence-electron chi connectivity index (χ0n) is 2.57. The van der Waals surface area contributed by atoms with Crippen LogP contribution < -0.4 is 5.73 Å². The Bertz CT molecular complexity index is 44.9. The topological polar surface area (TPSA) is 43.1 Å². The molecule has 0 heterocycles. The molecule has 0 saturated carbocycles. The number of amides is 1. The first-order valence-electron chi connectivity index (χ1n) is 1.11. The number of hydrogen-bond acceptors (Lipinski definition) is 1. The molecular formula is C2H4INO. The van der Waals surface area contributed by atoms with Gasteiger partial charge in [0.15, 0.2) is 0 Å². The molecule has 0 rings (SSSR count). The summed E-state index contributed by atoms with van der Waals surface area (Å²) in [5.74, 6) is -0.259. The van der Waals surface area contributed by atoms with E-state index >= 15 is 0 Å². The number of hydrogen-bond donors (Lipinski definition) is 1. The molecule has 0 spiro atoms. The van der Waals surface area contributed by atoms with Crippen molar-refractivity contribution < 1.29 is 4.79 Å². The van der Waals surface area contributed by atoms with E-state index in [4.69, 9.17) is 0 Å². The smallest absolute Gasteiger partial charge is 0.227 e. The largest absolute Gasteiger partial charge is 0.369 e. The van der Waals surface area contributed by atoms with Crippen molar-refractivity contribution in [1.29, 1.82) is 0 Å². The quantitative estimate of drug-likeness (QED) is 0.347. The van der Waals surface area contributed by atoms with Gasteiger partial charge in [0.1, 0.15) is 0 Å². The Morgan fingerprint density at radius 1 is 2.00 bits per heavy atom. The van der Waals surface area contributed by atoms with Crippen LogP contribution in [-0.4, -0.2) is 10.3 Å². The average molecular weight is 186 g/mol. The molecule has 0 aromatic carbocycles. The maximum absolute atomic E-state index is 9.58. The second-order valence-corrected chi connectivity index (χ2v) is 1.36. The second kappa shape index (κ2) is 2.44. The molecular weight excluding hydrogens is 182 g/mol. The summed E-state index contributed by atoms with van der Waals surface area (Å²) in [4.78, 5) is 9.58. The fourth-order valence-corrected chi connectivity index (χ4v) is 0. The van der Waals surface area contributed by atoms with Gasteiger partial charge in [0.2, 0.25) is 5.91 Å². The lowest BCUT2D eigenvalue weighted by atomic mass is 10.8. The molecule has 30 valence electrons. The molecule has 2 N–H and O–H groups in total. The number of rotatable bonds is 1. The van der Waals surface area contributed by atoms with Crippen LogP contribution in [0.2, 0.25) is 0 Å². The average Bonchev–Trinajstić information content (AvgIpc) is 1.38. The van der Waals surface area contributed by atoms with Crippen molar-refractivity contribution in [3.63, 3.8) is 0 Å². The van der Waals surface area contributed by atoms with Crippen molar-refractivity contribution in [2.75, 3.05) is 4.43 Å². The molecule has 0 aromatic heterocycles. The monoisotopic (exact) mass is 186 g/mol. The Hall–Kier alpha value is 0.200. The van der Waals surface area contributed by atoms with Gasteiger partial charge in [-0.25, -0.2) is 0 Å². The zero-order chi connectivity index (χ0) is 4.28. The molecule has 0 saturated heterocycles. The van der Waals surface area contributed by atoms with Crippen LogP contribution in [0.1, 0.15) is 0 Å². The van der Waals surface area contributed by atoms with Crippen LogP contribution in [-0.2, 0) is 4.79 Å². The minimum Gasteiger partial charge on any atom is -0.369 e. The summed E-state index contributed by atoms with van der Waals surface area (Å²) in [7, 11) is 0. The Balaban J connectivity index is 2.85. The molecule has 3 heteroatoms. The van der Waals surface area contributed by atoms with E-state index in [0.717, 1.165) is 0 Å². The van der Waals surface area contributed by atoms with Gasteiger partial charge in [-0.15, -0.1) is 0 Å². The standard InChI is InChI=1S/C2H4INO/c3-1-2(4)5/h1H2,(H2,4,5)/i4+1. The van der Waals surface area contributed by atoms with Crippen molar-refractivity contribution in [2.24, 2.45) is 5.73 Å². The molecule has 1 amide bonds. The first-order valence-corrected chi connectivity index (χ1v) is 2.64. The van der Waals surface area contributed by atoms with E-state index in [1.54, 1.807) is 0 Å². The van der Waals surface area contributed by atoms with E-state index in [1.165, 1.54) is 0 Å². The van der Waals surface area contributed by atoms with Gasteiger partial charge >= 0.3 is 0 Å². The van der Waals surface area contributed by atoms with Crippen LogP contribution in [0.25, 0.3) is 0 Å². The number of halogens is 1. The van der Waals surface area contributed by atoms with E-state index in [9.17, 15) is 4.79 Å². The van der Waals surface area contributed by atoms with Crippen LogP contribution in [0, 0.1) is 0 Å². The van der Waals surface area contributed by atoms with Gasteiger partial charge in [-0.2, -0.15) is 0 Å². The molecule has 0 aliphatic carbocycles. The highest BCUT2D eigenvalue weighted by molar-refractivity contribution is 14.1. The van der Waals surface area contributed by atoms with Gasteiger partial charge in [-0.05, 0) is 0 Å². The maximum atomic E-state index is 9.58. The third kappa shape index (κ3) is 4.20.